The Kier molecular flexibility index (Phi) is 4.87. The summed E-state index contributed by atoms with van der Waals surface area (Å²) in [5, 5.41) is 4.32. The van der Waals surface area contributed by atoms with E-state index in [-0.39, 0.29) is 23.1 Å². The van der Waals surface area contributed by atoms with Crippen LogP contribution in [0.4, 0.5) is 14.7 Å². The number of benzene rings is 1. The summed E-state index contributed by atoms with van der Waals surface area (Å²) in [4.78, 5) is 8.47. The maximum atomic E-state index is 14.7. The molecule has 1 aliphatic rings. The number of aromatic nitrogens is 3. The number of fused-ring (bicyclic) bond motifs is 1. The molecule has 1 aromatic carbocycles. The number of hydrogen-bond acceptors (Lipinski definition) is 5. The van der Waals surface area contributed by atoms with Gasteiger partial charge in [-0.1, -0.05) is 6.58 Å². The highest BCUT2D eigenvalue weighted by Gasteiger charge is 2.21. The van der Waals surface area contributed by atoms with E-state index >= 15 is 0 Å². The number of allylic oxidation sites excluding steroid dienone is 1. The average Bonchev–Trinajstić information content (AvgIpc) is 3.31. The lowest BCUT2D eigenvalue weighted by Crippen LogP contribution is -2.16. The molecule has 1 unspecified atom stereocenters. The monoisotopic (exact) mass is 384 g/mol. The third kappa shape index (κ3) is 3.50. The minimum atomic E-state index is -0.756. The number of ether oxygens (including phenoxy) is 2. The van der Waals surface area contributed by atoms with Crippen molar-refractivity contribution in [2.45, 2.75) is 19.4 Å². The first kappa shape index (κ1) is 18.2. The highest BCUT2D eigenvalue weighted by molar-refractivity contribution is 5.93. The molecule has 0 N–H and O–H groups in total. The Morgan fingerprint density at radius 3 is 2.82 bits per heavy atom. The molecule has 0 amide bonds. The fourth-order valence-electron chi connectivity index (χ4n) is 2.94. The summed E-state index contributed by atoms with van der Waals surface area (Å²) in [6.45, 7) is 6.41. The van der Waals surface area contributed by atoms with Crippen molar-refractivity contribution in [2.24, 2.45) is 4.99 Å². The van der Waals surface area contributed by atoms with Gasteiger partial charge in [0.15, 0.2) is 0 Å². The zero-order valence-electron chi connectivity index (χ0n) is 15.2. The average molecular weight is 384 g/mol. The van der Waals surface area contributed by atoms with E-state index in [2.05, 4.69) is 21.7 Å². The SMILES string of the molecule is C=CC(C)=Nc1ncc2ccc(-c3c(F)cc(OC4CCOC4)cc3F)nn12. The Balaban J connectivity index is 1.72. The van der Waals surface area contributed by atoms with E-state index in [4.69, 9.17) is 9.47 Å². The molecule has 2 aromatic heterocycles. The second-order valence-corrected chi connectivity index (χ2v) is 6.44. The third-order valence-corrected chi connectivity index (χ3v) is 4.40. The van der Waals surface area contributed by atoms with Crippen molar-refractivity contribution in [3.63, 3.8) is 0 Å². The summed E-state index contributed by atoms with van der Waals surface area (Å²) in [5.74, 6) is -1.08. The Labute approximate surface area is 160 Å². The van der Waals surface area contributed by atoms with Gasteiger partial charge in [-0.15, -0.1) is 0 Å². The van der Waals surface area contributed by atoms with Crippen LogP contribution in [0.5, 0.6) is 5.75 Å². The topological polar surface area (TPSA) is 61.0 Å². The predicted molar refractivity (Wildman–Crippen MR) is 101 cm³/mol. The van der Waals surface area contributed by atoms with Crippen molar-refractivity contribution >= 4 is 17.2 Å². The Bertz CT molecular complexity index is 1050. The summed E-state index contributed by atoms with van der Waals surface area (Å²) < 4.78 is 41.6. The fraction of sp³-hybridized carbons (Fsp3) is 0.250. The number of rotatable bonds is 5. The van der Waals surface area contributed by atoms with Crippen molar-refractivity contribution < 1.29 is 18.3 Å². The normalized spacial score (nSPS) is 17.2. The first-order valence-corrected chi connectivity index (χ1v) is 8.81. The molecule has 1 saturated heterocycles. The number of aliphatic imine (C=N–C) groups is 1. The van der Waals surface area contributed by atoms with Gasteiger partial charge < -0.3 is 9.47 Å². The minimum Gasteiger partial charge on any atom is -0.488 e. The molecular formula is C20H18F2N4O2. The summed E-state index contributed by atoms with van der Waals surface area (Å²) >= 11 is 0. The molecule has 0 radical (unpaired) electrons. The molecule has 1 atom stereocenters. The molecule has 4 rings (SSSR count). The maximum absolute atomic E-state index is 14.7. The van der Waals surface area contributed by atoms with Crippen molar-refractivity contribution in [2.75, 3.05) is 13.2 Å². The lowest BCUT2D eigenvalue weighted by molar-refractivity contribution is 0.141. The molecule has 1 aliphatic heterocycles. The zero-order chi connectivity index (χ0) is 19.7. The summed E-state index contributed by atoms with van der Waals surface area (Å²) in [6.07, 6.45) is 3.66. The highest BCUT2D eigenvalue weighted by Crippen LogP contribution is 2.30. The van der Waals surface area contributed by atoms with Gasteiger partial charge in [-0.3, -0.25) is 0 Å². The molecule has 3 aromatic rings. The van der Waals surface area contributed by atoms with Crippen LogP contribution in [0.1, 0.15) is 13.3 Å². The summed E-state index contributed by atoms with van der Waals surface area (Å²) in [5.41, 5.74) is 1.20. The van der Waals surface area contributed by atoms with Crippen LogP contribution in [0.25, 0.3) is 16.8 Å². The number of imidazole rings is 1. The third-order valence-electron chi connectivity index (χ3n) is 4.40. The smallest absolute Gasteiger partial charge is 0.251 e. The number of halogens is 2. The molecule has 0 bridgehead atoms. The van der Waals surface area contributed by atoms with Crippen molar-refractivity contribution in [3.05, 3.63) is 54.8 Å². The quantitative estimate of drug-likeness (QED) is 0.621. The molecular weight excluding hydrogens is 366 g/mol. The summed E-state index contributed by atoms with van der Waals surface area (Å²) in [6, 6.07) is 5.54. The van der Waals surface area contributed by atoms with Gasteiger partial charge in [-0.2, -0.15) is 9.61 Å². The van der Waals surface area contributed by atoms with Crippen LogP contribution in [0.15, 0.2) is 48.1 Å². The van der Waals surface area contributed by atoms with E-state index in [1.807, 2.05) is 0 Å². The first-order valence-electron chi connectivity index (χ1n) is 8.81. The van der Waals surface area contributed by atoms with Crippen LogP contribution in [0, 0.1) is 11.6 Å². The van der Waals surface area contributed by atoms with E-state index < -0.39 is 11.6 Å². The number of hydrogen-bond donors (Lipinski definition) is 0. The Morgan fingerprint density at radius 2 is 2.14 bits per heavy atom. The van der Waals surface area contributed by atoms with Crippen molar-refractivity contribution in [1.82, 2.24) is 14.6 Å². The first-order chi connectivity index (χ1) is 13.5. The van der Waals surface area contributed by atoms with Crippen LogP contribution in [0.2, 0.25) is 0 Å². The van der Waals surface area contributed by atoms with Gasteiger partial charge in [0.1, 0.15) is 23.5 Å². The molecule has 28 heavy (non-hydrogen) atoms. The van der Waals surface area contributed by atoms with Crippen LogP contribution >= 0.6 is 0 Å². The van der Waals surface area contributed by atoms with Gasteiger partial charge >= 0.3 is 0 Å². The zero-order valence-corrected chi connectivity index (χ0v) is 15.2. The van der Waals surface area contributed by atoms with Gasteiger partial charge in [0.25, 0.3) is 5.95 Å². The fourth-order valence-corrected chi connectivity index (χ4v) is 2.94. The lowest BCUT2D eigenvalue weighted by atomic mass is 10.1. The molecule has 144 valence electrons. The van der Waals surface area contributed by atoms with Gasteiger partial charge in [-0.05, 0) is 25.1 Å². The van der Waals surface area contributed by atoms with Crippen LogP contribution in [0.3, 0.4) is 0 Å². The second-order valence-electron chi connectivity index (χ2n) is 6.44. The van der Waals surface area contributed by atoms with Crippen LogP contribution < -0.4 is 4.74 Å². The molecule has 3 heterocycles. The molecule has 1 fully saturated rings. The second kappa shape index (κ2) is 7.47. The van der Waals surface area contributed by atoms with Gasteiger partial charge in [-0.25, -0.2) is 18.8 Å². The molecule has 8 heteroatoms. The predicted octanol–water partition coefficient (Wildman–Crippen LogP) is 4.12. The molecule has 0 spiro atoms. The van der Waals surface area contributed by atoms with E-state index in [0.717, 1.165) is 12.1 Å². The van der Waals surface area contributed by atoms with Gasteiger partial charge in [0.2, 0.25) is 0 Å². The molecule has 0 saturated carbocycles. The Morgan fingerprint density at radius 1 is 1.36 bits per heavy atom. The maximum Gasteiger partial charge on any atom is 0.251 e. The molecule has 6 nitrogen and oxygen atoms in total. The largest absolute Gasteiger partial charge is 0.488 e. The molecule has 0 aliphatic carbocycles. The standard InChI is InChI=1S/C20H18F2N4O2/c1-3-12(2)24-20-23-10-13-4-5-18(25-26(13)20)19-16(21)8-15(9-17(19)22)28-14-6-7-27-11-14/h3-5,8-10,14H,1,6-7,11H2,2H3. The van der Waals surface area contributed by atoms with Gasteiger partial charge in [0.05, 0.1) is 36.2 Å². The Hall–Kier alpha value is -3.13. The highest BCUT2D eigenvalue weighted by atomic mass is 19.1. The number of nitrogens with zero attached hydrogens (tertiary/aromatic N) is 4. The van der Waals surface area contributed by atoms with E-state index in [1.54, 1.807) is 25.3 Å². The van der Waals surface area contributed by atoms with Crippen LogP contribution in [-0.2, 0) is 4.74 Å². The summed E-state index contributed by atoms with van der Waals surface area (Å²) in [7, 11) is 0. The lowest BCUT2D eigenvalue weighted by Gasteiger charge is -2.13. The van der Waals surface area contributed by atoms with E-state index in [1.165, 1.54) is 10.6 Å². The van der Waals surface area contributed by atoms with E-state index in [0.29, 0.717) is 36.8 Å². The van der Waals surface area contributed by atoms with Crippen molar-refractivity contribution in [3.8, 4) is 17.0 Å². The van der Waals surface area contributed by atoms with Crippen molar-refractivity contribution in [1.29, 1.82) is 0 Å². The minimum absolute atomic E-state index is 0.129. The van der Waals surface area contributed by atoms with E-state index in [9.17, 15) is 8.78 Å². The van der Waals surface area contributed by atoms with Gasteiger partial charge in [0, 0.05) is 24.3 Å². The van der Waals surface area contributed by atoms with Crippen LogP contribution in [-0.4, -0.2) is 39.6 Å².